The third kappa shape index (κ3) is 7.06. The Morgan fingerprint density at radius 3 is 1.07 bits per heavy atom. The third-order valence-corrected chi connectivity index (χ3v) is 1.77. The fourth-order valence-electron chi connectivity index (χ4n) is 0.940. The minimum atomic E-state index is 0. The second-order valence-corrected chi connectivity index (χ2v) is 3.15. The van der Waals surface area contributed by atoms with Crippen molar-refractivity contribution in [3.8, 4) is 0 Å². The van der Waals surface area contributed by atoms with Crippen LogP contribution in [0.2, 0.25) is 0 Å². The Morgan fingerprint density at radius 1 is 0.667 bits per heavy atom. The topological polar surface area (TPSA) is 0 Å². The SMILES string of the molecule is Cc1cc[c-]cc1.Cc1cc[c-]cc1.[Os+2]. The van der Waals surface area contributed by atoms with E-state index in [0.29, 0.717) is 0 Å². The smallest absolute Gasteiger partial charge is 0.184 e. The van der Waals surface area contributed by atoms with E-state index in [4.69, 9.17) is 0 Å². The Hall–Kier alpha value is -0.924. The van der Waals surface area contributed by atoms with Gasteiger partial charge in [-0.15, -0.1) is 0 Å². The first-order chi connectivity index (χ1) is 6.79. The van der Waals surface area contributed by atoms with Crippen LogP contribution in [0.15, 0.2) is 48.5 Å². The van der Waals surface area contributed by atoms with Crippen molar-refractivity contribution in [3.63, 3.8) is 0 Å². The Kier molecular flexibility index (Phi) is 7.87. The maximum absolute atomic E-state index is 2.93. The molecule has 2 rings (SSSR count). The molecule has 0 saturated carbocycles. The van der Waals surface area contributed by atoms with Crippen LogP contribution >= 0.6 is 0 Å². The molecule has 0 amide bonds. The summed E-state index contributed by atoms with van der Waals surface area (Å²) in [6, 6.07) is 21.6. The van der Waals surface area contributed by atoms with Crippen LogP contribution in [0.25, 0.3) is 0 Å². The Morgan fingerprint density at radius 2 is 0.933 bits per heavy atom. The summed E-state index contributed by atoms with van der Waals surface area (Å²) >= 11 is 0. The monoisotopic (exact) mass is 374 g/mol. The van der Waals surface area contributed by atoms with Gasteiger partial charge in [-0.25, -0.2) is 0 Å². The van der Waals surface area contributed by atoms with E-state index < -0.39 is 0 Å². The maximum Gasteiger partial charge on any atom is 2.00 e. The van der Waals surface area contributed by atoms with Gasteiger partial charge in [-0.3, -0.25) is 0 Å². The average molecular weight is 372 g/mol. The van der Waals surface area contributed by atoms with Gasteiger partial charge in [0, 0.05) is 0 Å². The van der Waals surface area contributed by atoms with Crippen LogP contribution in [0.1, 0.15) is 11.1 Å². The first kappa shape index (κ1) is 14.1. The van der Waals surface area contributed by atoms with Crippen molar-refractivity contribution in [3.05, 3.63) is 71.8 Å². The van der Waals surface area contributed by atoms with Crippen molar-refractivity contribution in [1.82, 2.24) is 0 Å². The number of rotatable bonds is 0. The Balaban J connectivity index is 0.000000245. The fraction of sp³-hybridized carbons (Fsp3) is 0.143. The van der Waals surface area contributed by atoms with Crippen LogP contribution in [-0.2, 0) is 19.8 Å². The summed E-state index contributed by atoms with van der Waals surface area (Å²) in [4.78, 5) is 0. The van der Waals surface area contributed by atoms with Gasteiger partial charge < -0.3 is 0 Å². The maximum atomic E-state index is 2.93. The molecule has 0 atom stereocenters. The molecule has 0 fully saturated rings. The zero-order chi connectivity index (χ0) is 10.2. The zero-order valence-electron chi connectivity index (χ0n) is 8.97. The molecule has 0 spiro atoms. The molecule has 0 unspecified atom stereocenters. The molecule has 1 heteroatoms. The first-order valence-corrected chi connectivity index (χ1v) is 4.64. The minimum absolute atomic E-state index is 0. The van der Waals surface area contributed by atoms with Crippen LogP contribution in [-0.4, -0.2) is 0 Å². The van der Waals surface area contributed by atoms with E-state index in [9.17, 15) is 0 Å². The van der Waals surface area contributed by atoms with E-state index in [1.165, 1.54) is 11.1 Å². The van der Waals surface area contributed by atoms with Gasteiger partial charge in [0.25, 0.3) is 0 Å². The second kappa shape index (κ2) is 8.39. The summed E-state index contributed by atoms with van der Waals surface area (Å²) in [7, 11) is 0. The van der Waals surface area contributed by atoms with Gasteiger partial charge in [-0.1, -0.05) is 13.8 Å². The first-order valence-electron chi connectivity index (χ1n) is 4.64. The molecular formula is C14H14Os. The Labute approximate surface area is 105 Å². The van der Waals surface area contributed by atoms with Gasteiger partial charge in [-0.2, -0.15) is 71.8 Å². The van der Waals surface area contributed by atoms with Gasteiger partial charge >= 0.3 is 19.8 Å². The molecule has 2 aromatic rings. The van der Waals surface area contributed by atoms with E-state index in [1.54, 1.807) is 0 Å². The summed E-state index contributed by atoms with van der Waals surface area (Å²) < 4.78 is 0. The molecule has 0 radical (unpaired) electrons. The number of aryl methyl sites for hydroxylation is 2. The summed E-state index contributed by atoms with van der Waals surface area (Å²) in [5, 5.41) is 0. The van der Waals surface area contributed by atoms with Crippen molar-refractivity contribution in [2.24, 2.45) is 0 Å². The molecular weight excluding hydrogens is 358 g/mol. The quantitative estimate of drug-likeness (QED) is 0.620. The van der Waals surface area contributed by atoms with Crippen molar-refractivity contribution < 1.29 is 19.8 Å². The predicted molar refractivity (Wildman–Crippen MR) is 60.0 cm³/mol. The number of hydrogen-bond acceptors (Lipinski definition) is 0. The molecule has 78 valence electrons. The van der Waals surface area contributed by atoms with Crippen molar-refractivity contribution in [1.29, 1.82) is 0 Å². The number of hydrogen-bond donors (Lipinski definition) is 0. The van der Waals surface area contributed by atoms with Crippen molar-refractivity contribution >= 4 is 0 Å². The molecule has 0 saturated heterocycles. The minimum Gasteiger partial charge on any atom is -0.184 e. The van der Waals surface area contributed by atoms with Gasteiger partial charge in [0.05, 0.1) is 0 Å². The summed E-state index contributed by atoms with van der Waals surface area (Å²) in [6.45, 7) is 4.13. The molecule has 0 aliphatic heterocycles. The number of benzene rings is 2. The van der Waals surface area contributed by atoms with Crippen LogP contribution < -0.4 is 0 Å². The molecule has 0 aliphatic rings. The Bertz CT molecular complexity index is 303. The largest absolute Gasteiger partial charge is 2.00 e. The second-order valence-electron chi connectivity index (χ2n) is 3.15. The summed E-state index contributed by atoms with van der Waals surface area (Å²) in [5.41, 5.74) is 2.58. The molecule has 0 bridgehead atoms. The zero-order valence-corrected chi connectivity index (χ0v) is 11.5. The van der Waals surface area contributed by atoms with Crippen molar-refractivity contribution in [2.75, 3.05) is 0 Å². The molecule has 0 heterocycles. The normalized spacial score (nSPS) is 8.13. The van der Waals surface area contributed by atoms with Crippen LogP contribution in [0.5, 0.6) is 0 Å². The van der Waals surface area contributed by atoms with Crippen LogP contribution in [0, 0.1) is 26.0 Å². The third-order valence-electron chi connectivity index (χ3n) is 1.77. The van der Waals surface area contributed by atoms with Crippen LogP contribution in [0.4, 0.5) is 0 Å². The van der Waals surface area contributed by atoms with Crippen LogP contribution in [0.3, 0.4) is 0 Å². The van der Waals surface area contributed by atoms with Crippen molar-refractivity contribution in [2.45, 2.75) is 13.8 Å². The van der Waals surface area contributed by atoms with Gasteiger partial charge in [0.15, 0.2) is 0 Å². The molecule has 0 N–H and O–H groups in total. The molecule has 0 aliphatic carbocycles. The van der Waals surface area contributed by atoms with Gasteiger partial charge in [0.1, 0.15) is 0 Å². The molecule has 0 nitrogen and oxygen atoms in total. The molecule has 2 aromatic carbocycles. The van der Waals surface area contributed by atoms with E-state index in [0.717, 1.165) is 0 Å². The van der Waals surface area contributed by atoms with E-state index >= 15 is 0 Å². The fourth-order valence-corrected chi connectivity index (χ4v) is 0.940. The summed E-state index contributed by atoms with van der Waals surface area (Å²) in [5.74, 6) is 0. The van der Waals surface area contributed by atoms with Gasteiger partial charge in [0.2, 0.25) is 0 Å². The van der Waals surface area contributed by atoms with Gasteiger partial charge in [-0.05, 0) is 0 Å². The summed E-state index contributed by atoms with van der Waals surface area (Å²) in [6.07, 6.45) is 0. The van der Waals surface area contributed by atoms with E-state index in [1.807, 2.05) is 48.5 Å². The van der Waals surface area contributed by atoms with E-state index in [2.05, 4.69) is 26.0 Å². The predicted octanol–water partition coefficient (Wildman–Crippen LogP) is 3.59. The standard InChI is InChI=1S/2C7H7.Os/c2*1-7-5-3-2-4-6-7;/h2*3-6H,1H3;/q2*-1;+2. The average Bonchev–Trinajstić information content (AvgIpc) is 2.21. The van der Waals surface area contributed by atoms with E-state index in [-0.39, 0.29) is 19.8 Å². The molecule has 15 heavy (non-hydrogen) atoms. The molecule has 0 aromatic heterocycles.